The first-order valence-corrected chi connectivity index (χ1v) is 8.29. The highest BCUT2D eigenvalue weighted by Crippen LogP contribution is 2.46. The quantitative estimate of drug-likeness (QED) is 0.537. The van der Waals surface area contributed by atoms with Crippen molar-refractivity contribution in [1.29, 1.82) is 0 Å². The molecule has 2 aliphatic carbocycles. The third-order valence-corrected chi connectivity index (χ3v) is 5.31. The fourth-order valence-electron chi connectivity index (χ4n) is 4.23. The average Bonchev–Trinajstić information content (AvgIpc) is 2.53. The van der Waals surface area contributed by atoms with E-state index in [1.54, 1.807) is 18.2 Å². The van der Waals surface area contributed by atoms with Crippen LogP contribution in [0.1, 0.15) is 29.3 Å². The van der Waals surface area contributed by atoms with Gasteiger partial charge in [0.25, 0.3) is 0 Å². The molecule has 0 saturated carbocycles. The number of benzene rings is 2. The van der Waals surface area contributed by atoms with Crippen LogP contribution in [-0.2, 0) is 16.0 Å². The van der Waals surface area contributed by atoms with Gasteiger partial charge in [-0.05, 0) is 36.3 Å². The molecule has 2 unspecified atom stereocenters. The number of aliphatic hydroxyl groups is 1. The van der Waals surface area contributed by atoms with E-state index in [1.807, 2.05) is 0 Å². The molecule has 2 atom stereocenters. The maximum atomic E-state index is 13.0. The number of rotatable bonds is 1. The summed E-state index contributed by atoms with van der Waals surface area (Å²) in [5, 5.41) is 31.5. The zero-order valence-electron chi connectivity index (χ0n) is 13.9. The summed E-state index contributed by atoms with van der Waals surface area (Å²) in [6.07, 6.45) is 0.376. The predicted octanol–water partition coefficient (Wildman–Crippen LogP) is 2.60. The molecule has 2 aliphatic rings. The Kier molecular flexibility index (Phi) is 3.41. The molecule has 0 aromatic heterocycles. The number of phenols is 2. The van der Waals surface area contributed by atoms with Gasteiger partial charge < -0.3 is 15.3 Å². The monoisotopic (exact) mass is 352 g/mol. The standard InChI is InChI=1S/C20H16O6/c1-8(21)14-13(23)7-11-6-10-5-9-3-2-4-12(22)15(9)19(25)16(10)20(26)17(11)18(14)24/h2-5,11,17,22-23,25H,6-7H2,1H3. The van der Waals surface area contributed by atoms with Crippen molar-refractivity contribution in [2.24, 2.45) is 11.8 Å². The summed E-state index contributed by atoms with van der Waals surface area (Å²) < 4.78 is 0. The first kappa shape index (κ1) is 16.3. The highest BCUT2D eigenvalue weighted by molar-refractivity contribution is 6.28. The molecule has 0 aliphatic heterocycles. The lowest BCUT2D eigenvalue weighted by Crippen LogP contribution is -2.42. The smallest absolute Gasteiger partial charge is 0.180 e. The van der Waals surface area contributed by atoms with Crippen LogP contribution in [0, 0.1) is 11.8 Å². The summed E-state index contributed by atoms with van der Waals surface area (Å²) in [6, 6.07) is 6.46. The topological polar surface area (TPSA) is 112 Å². The third kappa shape index (κ3) is 2.08. The van der Waals surface area contributed by atoms with Gasteiger partial charge in [-0.3, -0.25) is 14.4 Å². The lowest BCUT2D eigenvalue weighted by Gasteiger charge is -2.35. The van der Waals surface area contributed by atoms with E-state index >= 15 is 0 Å². The number of hydrogen-bond acceptors (Lipinski definition) is 6. The van der Waals surface area contributed by atoms with Gasteiger partial charge in [0.1, 0.15) is 17.3 Å². The maximum Gasteiger partial charge on any atom is 0.180 e. The van der Waals surface area contributed by atoms with Crippen LogP contribution in [0.15, 0.2) is 35.6 Å². The minimum absolute atomic E-state index is 0.0119. The Morgan fingerprint density at radius 2 is 1.81 bits per heavy atom. The zero-order chi connectivity index (χ0) is 18.7. The Labute approximate surface area is 148 Å². The Bertz CT molecular complexity index is 1050. The van der Waals surface area contributed by atoms with Gasteiger partial charge in [-0.25, -0.2) is 0 Å². The molecule has 0 saturated heterocycles. The Morgan fingerprint density at radius 3 is 2.50 bits per heavy atom. The average molecular weight is 352 g/mol. The van der Waals surface area contributed by atoms with Gasteiger partial charge in [0, 0.05) is 6.42 Å². The van der Waals surface area contributed by atoms with E-state index in [1.165, 1.54) is 13.0 Å². The summed E-state index contributed by atoms with van der Waals surface area (Å²) in [5.41, 5.74) is 0.253. The Balaban J connectivity index is 1.92. The van der Waals surface area contributed by atoms with Gasteiger partial charge in [0.05, 0.1) is 22.4 Å². The number of fused-ring (bicyclic) bond motifs is 3. The highest BCUT2D eigenvalue weighted by Gasteiger charge is 2.47. The van der Waals surface area contributed by atoms with Crippen molar-refractivity contribution in [3.63, 3.8) is 0 Å². The first-order chi connectivity index (χ1) is 12.3. The van der Waals surface area contributed by atoms with Crippen molar-refractivity contribution in [3.8, 4) is 11.5 Å². The molecular weight excluding hydrogens is 336 g/mol. The molecule has 0 fully saturated rings. The summed E-state index contributed by atoms with van der Waals surface area (Å²) in [6.45, 7) is 1.17. The van der Waals surface area contributed by atoms with Gasteiger partial charge >= 0.3 is 0 Å². The van der Waals surface area contributed by atoms with Crippen molar-refractivity contribution in [1.82, 2.24) is 0 Å². The number of aliphatic hydroxyl groups excluding tert-OH is 1. The third-order valence-electron chi connectivity index (χ3n) is 5.31. The van der Waals surface area contributed by atoms with Crippen molar-refractivity contribution in [2.45, 2.75) is 19.8 Å². The molecule has 0 heterocycles. The van der Waals surface area contributed by atoms with Crippen LogP contribution in [0.5, 0.6) is 11.5 Å². The molecule has 4 rings (SSSR count). The van der Waals surface area contributed by atoms with E-state index in [-0.39, 0.29) is 40.2 Å². The minimum atomic E-state index is -1.11. The van der Waals surface area contributed by atoms with E-state index in [2.05, 4.69) is 0 Å². The van der Waals surface area contributed by atoms with Gasteiger partial charge in [0.15, 0.2) is 17.3 Å². The van der Waals surface area contributed by atoms with Crippen LogP contribution < -0.4 is 0 Å². The minimum Gasteiger partial charge on any atom is -0.511 e. The molecule has 26 heavy (non-hydrogen) atoms. The molecule has 3 N–H and O–H groups in total. The molecule has 2 aromatic rings. The fourth-order valence-corrected chi connectivity index (χ4v) is 4.23. The summed E-state index contributed by atoms with van der Waals surface area (Å²) in [7, 11) is 0. The molecular formula is C20H16O6. The van der Waals surface area contributed by atoms with Crippen LogP contribution in [0.25, 0.3) is 10.8 Å². The fraction of sp³-hybridized carbons (Fsp3) is 0.250. The van der Waals surface area contributed by atoms with Crippen LogP contribution in [0.4, 0.5) is 0 Å². The molecule has 0 bridgehead atoms. The molecule has 6 nitrogen and oxygen atoms in total. The van der Waals surface area contributed by atoms with E-state index in [0.29, 0.717) is 17.4 Å². The lowest BCUT2D eigenvalue weighted by atomic mass is 9.66. The van der Waals surface area contributed by atoms with Crippen molar-refractivity contribution >= 4 is 28.1 Å². The number of phenolic OH excluding ortho intramolecular Hbond substituents is 2. The van der Waals surface area contributed by atoms with Gasteiger partial charge in [0.2, 0.25) is 0 Å². The lowest BCUT2D eigenvalue weighted by molar-refractivity contribution is -0.124. The SMILES string of the molecule is CC(=O)C1=C(O)CC2Cc3cc4cccc(O)c4c(O)c3C(=O)C2C1=O. The van der Waals surface area contributed by atoms with Crippen molar-refractivity contribution in [3.05, 3.63) is 46.7 Å². The summed E-state index contributed by atoms with van der Waals surface area (Å²) in [5.74, 6) is -4.20. The van der Waals surface area contributed by atoms with E-state index < -0.39 is 29.2 Å². The predicted molar refractivity (Wildman–Crippen MR) is 92.3 cm³/mol. The van der Waals surface area contributed by atoms with Gasteiger partial charge in [-0.2, -0.15) is 0 Å². The number of carbonyl (C=O) groups is 3. The second kappa shape index (κ2) is 5.42. The highest BCUT2D eigenvalue weighted by atomic mass is 16.3. The normalized spacial score (nSPS) is 22.3. The molecule has 132 valence electrons. The largest absolute Gasteiger partial charge is 0.511 e. The summed E-state index contributed by atoms with van der Waals surface area (Å²) in [4.78, 5) is 37.4. The second-order valence-electron chi connectivity index (χ2n) is 6.89. The Hall–Kier alpha value is -3.15. The number of hydrogen-bond donors (Lipinski definition) is 3. The number of aromatic hydroxyl groups is 2. The zero-order valence-corrected chi connectivity index (χ0v) is 13.9. The van der Waals surface area contributed by atoms with E-state index in [0.717, 1.165) is 0 Å². The van der Waals surface area contributed by atoms with Gasteiger partial charge in [-0.15, -0.1) is 0 Å². The van der Waals surface area contributed by atoms with Crippen molar-refractivity contribution < 1.29 is 29.7 Å². The first-order valence-electron chi connectivity index (χ1n) is 8.29. The van der Waals surface area contributed by atoms with Gasteiger partial charge in [-0.1, -0.05) is 18.2 Å². The van der Waals surface area contributed by atoms with E-state index in [4.69, 9.17) is 0 Å². The van der Waals surface area contributed by atoms with Crippen molar-refractivity contribution in [2.75, 3.05) is 0 Å². The molecule has 0 radical (unpaired) electrons. The Morgan fingerprint density at radius 1 is 1.08 bits per heavy atom. The second-order valence-corrected chi connectivity index (χ2v) is 6.89. The van der Waals surface area contributed by atoms with Crippen LogP contribution in [-0.4, -0.2) is 32.7 Å². The molecule has 0 spiro atoms. The molecule has 0 amide bonds. The number of carbonyl (C=O) groups excluding carboxylic acids is 3. The summed E-state index contributed by atoms with van der Waals surface area (Å²) >= 11 is 0. The number of Topliss-reactive ketones (excluding diaryl/α,β-unsaturated/α-hetero) is 3. The van der Waals surface area contributed by atoms with E-state index in [9.17, 15) is 29.7 Å². The van der Waals surface area contributed by atoms with Crippen LogP contribution >= 0.6 is 0 Å². The van der Waals surface area contributed by atoms with Crippen LogP contribution in [0.2, 0.25) is 0 Å². The number of allylic oxidation sites excluding steroid dienone is 2. The number of ketones is 3. The maximum absolute atomic E-state index is 13.0. The molecule has 2 aromatic carbocycles. The van der Waals surface area contributed by atoms with Crippen LogP contribution in [0.3, 0.4) is 0 Å². The molecule has 6 heteroatoms.